The van der Waals surface area contributed by atoms with Gasteiger partial charge in [0.2, 0.25) is 5.91 Å². The molecule has 3 N–H and O–H groups in total. The molecule has 5 nitrogen and oxygen atoms in total. The van der Waals surface area contributed by atoms with E-state index in [0.717, 1.165) is 43.1 Å². The van der Waals surface area contributed by atoms with Crippen LogP contribution in [0.25, 0.3) is 0 Å². The second-order valence-corrected chi connectivity index (χ2v) is 6.13. The third-order valence-corrected chi connectivity index (χ3v) is 4.19. The quantitative estimate of drug-likeness (QED) is 0.826. The Morgan fingerprint density at radius 2 is 2.32 bits per heavy atom. The van der Waals surface area contributed by atoms with Gasteiger partial charge in [-0.1, -0.05) is 0 Å². The first-order chi connectivity index (χ1) is 9.13. The standard InChI is InChI=1S/C13H22N4OS/c1-10-16-12(9-19-10)2-5-15-13(18)8-17-6-3-11(14)4-7-17/h9,11H,2-8,14H2,1H3,(H,15,18). The number of nitrogens with one attached hydrogen (secondary N) is 1. The minimum Gasteiger partial charge on any atom is -0.355 e. The van der Waals surface area contributed by atoms with E-state index in [2.05, 4.69) is 15.2 Å². The Morgan fingerprint density at radius 3 is 2.95 bits per heavy atom. The van der Waals surface area contributed by atoms with Crippen LogP contribution in [0.3, 0.4) is 0 Å². The fraction of sp³-hybridized carbons (Fsp3) is 0.692. The third kappa shape index (κ3) is 4.89. The molecule has 0 aliphatic carbocycles. The molecule has 19 heavy (non-hydrogen) atoms. The van der Waals surface area contributed by atoms with Crippen LogP contribution in [0.1, 0.15) is 23.5 Å². The lowest BCUT2D eigenvalue weighted by molar-refractivity contribution is -0.122. The van der Waals surface area contributed by atoms with Gasteiger partial charge in [-0.2, -0.15) is 0 Å². The maximum atomic E-state index is 11.8. The summed E-state index contributed by atoms with van der Waals surface area (Å²) in [4.78, 5) is 18.3. The summed E-state index contributed by atoms with van der Waals surface area (Å²) < 4.78 is 0. The number of hydrogen-bond donors (Lipinski definition) is 2. The summed E-state index contributed by atoms with van der Waals surface area (Å²) in [5, 5.41) is 6.08. The second-order valence-electron chi connectivity index (χ2n) is 5.07. The molecule has 0 spiro atoms. The minimum absolute atomic E-state index is 0.0995. The Balaban J connectivity index is 1.62. The summed E-state index contributed by atoms with van der Waals surface area (Å²) in [6.45, 7) is 5.01. The Morgan fingerprint density at radius 1 is 1.58 bits per heavy atom. The number of piperidine rings is 1. The number of nitrogens with zero attached hydrogens (tertiary/aromatic N) is 2. The Bertz CT molecular complexity index is 413. The number of thiazole rings is 1. The van der Waals surface area contributed by atoms with E-state index >= 15 is 0 Å². The third-order valence-electron chi connectivity index (χ3n) is 3.37. The van der Waals surface area contributed by atoms with Gasteiger partial charge < -0.3 is 11.1 Å². The Hall–Kier alpha value is -0.980. The molecular weight excluding hydrogens is 260 g/mol. The number of nitrogens with two attached hydrogens (primary N) is 1. The van der Waals surface area contributed by atoms with Crippen molar-refractivity contribution in [3.8, 4) is 0 Å². The molecule has 106 valence electrons. The van der Waals surface area contributed by atoms with Gasteiger partial charge in [0.1, 0.15) is 0 Å². The predicted molar refractivity (Wildman–Crippen MR) is 77.2 cm³/mol. The number of carbonyl (C=O) groups is 1. The number of rotatable bonds is 5. The average molecular weight is 282 g/mol. The van der Waals surface area contributed by atoms with Crippen molar-refractivity contribution >= 4 is 17.2 Å². The van der Waals surface area contributed by atoms with Gasteiger partial charge in [-0.05, 0) is 19.8 Å². The molecule has 1 aromatic rings. The first kappa shape index (κ1) is 14.4. The van der Waals surface area contributed by atoms with Crippen LogP contribution in [0.15, 0.2) is 5.38 Å². The molecule has 0 bridgehead atoms. The van der Waals surface area contributed by atoms with Crippen LogP contribution in [0.4, 0.5) is 0 Å². The molecule has 1 amide bonds. The van der Waals surface area contributed by atoms with Gasteiger partial charge in [0, 0.05) is 37.5 Å². The summed E-state index contributed by atoms with van der Waals surface area (Å²) in [5.74, 6) is 0.0995. The highest BCUT2D eigenvalue weighted by Gasteiger charge is 2.17. The van der Waals surface area contributed by atoms with Crippen LogP contribution in [-0.4, -0.2) is 48.0 Å². The number of likely N-dealkylation sites (tertiary alicyclic amines) is 1. The van der Waals surface area contributed by atoms with Crippen molar-refractivity contribution in [3.63, 3.8) is 0 Å². The van der Waals surface area contributed by atoms with Crippen molar-refractivity contribution in [3.05, 3.63) is 16.1 Å². The number of aromatic nitrogens is 1. The molecule has 1 aliphatic heterocycles. The summed E-state index contributed by atoms with van der Waals surface area (Å²) in [6.07, 6.45) is 2.79. The first-order valence-electron chi connectivity index (χ1n) is 6.79. The van der Waals surface area contributed by atoms with E-state index in [1.165, 1.54) is 0 Å². The molecule has 1 fully saturated rings. The normalized spacial score (nSPS) is 17.6. The summed E-state index contributed by atoms with van der Waals surface area (Å²) >= 11 is 1.65. The van der Waals surface area contributed by atoms with E-state index in [0.29, 0.717) is 19.1 Å². The van der Waals surface area contributed by atoms with Crippen molar-refractivity contribution in [2.45, 2.75) is 32.2 Å². The number of amides is 1. The van der Waals surface area contributed by atoms with Crippen LogP contribution < -0.4 is 11.1 Å². The number of carbonyl (C=O) groups excluding carboxylic acids is 1. The maximum absolute atomic E-state index is 11.8. The van der Waals surface area contributed by atoms with Gasteiger partial charge in [0.05, 0.1) is 17.2 Å². The maximum Gasteiger partial charge on any atom is 0.234 e. The molecule has 0 unspecified atom stereocenters. The molecule has 0 atom stereocenters. The van der Waals surface area contributed by atoms with Crippen molar-refractivity contribution in [1.82, 2.24) is 15.2 Å². The van der Waals surface area contributed by atoms with Crippen LogP contribution >= 0.6 is 11.3 Å². The zero-order chi connectivity index (χ0) is 13.7. The minimum atomic E-state index is 0.0995. The summed E-state index contributed by atoms with van der Waals surface area (Å²) in [6, 6.07) is 0.312. The molecule has 2 heterocycles. The van der Waals surface area contributed by atoms with Crippen molar-refractivity contribution < 1.29 is 4.79 Å². The Labute approximate surface area is 118 Å². The molecular formula is C13H22N4OS. The lowest BCUT2D eigenvalue weighted by atomic mass is 10.1. The fourth-order valence-electron chi connectivity index (χ4n) is 2.22. The highest BCUT2D eigenvalue weighted by Crippen LogP contribution is 2.08. The fourth-order valence-corrected chi connectivity index (χ4v) is 2.87. The van der Waals surface area contributed by atoms with E-state index < -0.39 is 0 Å². The molecule has 1 aliphatic rings. The SMILES string of the molecule is Cc1nc(CCNC(=O)CN2CCC(N)CC2)cs1. The predicted octanol–water partition coefficient (Wildman–Crippen LogP) is 0.533. The van der Waals surface area contributed by atoms with Crippen LogP contribution in [0.5, 0.6) is 0 Å². The van der Waals surface area contributed by atoms with E-state index in [1.54, 1.807) is 11.3 Å². The largest absolute Gasteiger partial charge is 0.355 e. The molecule has 0 radical (unpaired) electrons. The van der Waals surface area contributed by atoms with E-state index in [9.17, 15) is 4.79 Å². The highest BCUT2D eigenvalue weighted by molar-refractivity contribution is 7.09. The van der Waals surface area contributed by atoms with Crippen molar-refractivity contribution in [2.24, 2.45) is 5.73 Å². The van der Waals surface area contributed by atoms with E-state index in [4.69, 9.17) is 5.73 Å². The second kappa shape index (κ2) is 6.98. The smallest absolute Gasteiger partial charge is 0.234 e. The summed E-state index contributed by atoms with van der Waals surface area (Å²) in [5.41, 5.74) is 6.90. The topological polar surface area (TPSA) is 71.2 Å². The van der Waals surface area contributed by atoms with Crippen LogP contribution in [-0.2, 0) is 11.2 Å². The molecule has 0 saturated carbocycles. The van der Waals surface area contributed by atoms with Crippen LogP contribution in [0, 0.1) is 6.92 Å². The van der Waals surface area contributed by atoms with Gasteiger partial charge in [0.25, 0.3) is 0 Å². The number of hydrogen-bond acceptors (Lipinski definition) is 5. The van der Waals surface area contributed by atoms with Gasteiger partial charge in [0.15, 0.2) is 0 Å². The lowest BCUT2D eigenvalue weighted by Crippen LogP contribution is -2.44. The van der Waals surface area contributed by atoms with Crippen molar-refractivity contribution in [2.75, 3.05) is 26.2 Å². The first-order valence-corrected chi connectivity index (χ1v) is 7.67. The van der Waals surface area contributed by atoms with Gasteiger partial charge >= 0.3 is 0 Å². The van der Waals surface area contributed by atoms with E-state index in [1.807, 2.05) is 12.3 Å². The van der Waals surface area contributed by atoms with Crippen molar-refractivity contribution in [1.29, 1.82) is 0 Å². The van der Waals surface area contributed by atoms with Gasteiger partial charge in [-0.15, -0.1) is 11.3 Å². The Kier molecular flexibility index (Phi) is 5.30. The van der Waals surface area contributed by atoms with Gasteiger partial charge in [-0.3, -0.25) is 9.69 Å². The zero-order valence-corrected chi connectivity index (χ0v) is 12.2. The lowest BCUT2D eigenvalue weighted by Gasteiger charge is -2.29. The monoisotopic (exact) mass is 282 g/mol. The molecule has 2 rings (SSSR count). The number of aryl methyl sites for hydroxylation is 1. The van der Waals surface area contributed by atoms with Crippen LogP contribution in [0.2, 0.25) is 0 Å². The highest BCUT2D eigenvalue weighted by atomic mass is 32.1. The van der Waals surface area contributed by atoms with E-state index in [-0.39, 0.29) is 5.91 Å². The van der Waals surface area contributed by atoms with Gasteiger partial charge in [-0.25, -0.2) is 4.98 Å². The molecule has 0 aromatic carbocycles. The summed E-state index contributed by atoms with van der Waals surface area (Å²) in [7, 11) is 0. The average Bonchev–Trinajstić information content (AvgIpc) is 2.78. The molecule has 1 saturated heterocycles. The molecule has 6 heteroatoms. The zero-order valence-electron chi connectivity index (χ0n) is 11.4. The molecule has 1 aromatic heterocycles.